The van der Waals surface area contributed by atoms with Crippen LogP contribution in [0.4, 0.5) is 0 Å². The van der Waals surface area contributed by atoms with Crippen LogP contribution >= 0.6 is 0 Å². The molecule has 2 aliphatic carbocycles. The van der Waals surface area contributed by atoms with Crippen LogP contribution in [0, 0.1) is 23.7 Å². The number of rotatable bonds is 6. The molecule has 4 heterocycles. The summed E-state index contributed by atoms with van der Waals surface area (Å²) < 4.78 is 0. The number of carbonyl (C=O) groups is 3. The number of aromatic nitrogens is 1. The Hall–Kier alpha value is -3.43. The highest BCUT2D eigenvalue weighted by Crippen LogP contribution is 2.44. The molecule has 10 heteroatoms. The average molecular weight is 532 g/mol. The van der Waals surface area contributed by atoms with E-state index in [9.17, 15) is 14.4 Å². The van der Waals surface area contributed by atoms with Gasteiger partial charge in [-0.05, 0) is 63.5 Å². The molecule has 0 aromatic carbocycles. The molecule has 39 heavy (non-hydrogen) atoms. The summed E-state index contributed by atoms with van der Waals surface area (Å²) >= 11 is 0. The lowest BCUT2D eigenvalue weighted by atomic mass is 9.67. The zero-order chi connectivity index (χ0) is 27.1. The van der Waals surface area contributed by atoms with E-state index in [2.05, 4.69) is 34.8 Å². The smallest absolute Gasteiger partial charge is 0.230 e. The summed E-state index contributed by atoms with van der Waals surface area (Å²) in [6.07, 6.45) is 10.5. The Morgan fingerprint density at radius 2 is 1.82 bits per heavy atom. The Balaban J connectivity index is 1.15. The van der Waals surface area contributed by atoms with Gasteiger partial charge in [-0.25, -0.2) is 0 Å². The van der Waals surface area contributed by atoms with Crippen molar-refractivity contribution >= 4 is 35.2 Å². The van der Waals surface area contributed by atoms with Crippen LogP contribution in [-0.4, -0.2) is 57.8 Å². The van der Waals surface area contributed by atoms with E-state index < -0.39 is 5.54 Å². The quantitative estimate of drug-likeness (QED) is 0.519. The SMILES string of the molecule is CC(CC1CC[C@H]2C(=O)NC(CC3CC(=O)NC(c4ccncc4)=N3)=N[C@@]2(C)C1)C1=N[C@H]2CCC[C@H]2C(=O)N1. The maximum Gasteiger partial charge on any atom is 0.230 e. The molecule has 3 N–H and O–H groups in total. The van der Waals surface area contributed by atoms with Gasteiger partial charge in [0, 0.05) is 36.7 Å². The number of nitrogens with zero attached hydrogens (tertiary/aromatic N) is 4. The highest BCUT2D eigenvalue weighted by molar-refractivity contribution is 6.10. The fourth-order valence-electron chi connectivity index (χ4n) is 7.29. The minimum absolute atomic E-state index is 0.0174. The third kappa shape index (κ3) is 5.25. The first-order valence-electron chi connectivity index (χ1n) is 14.3. The molecule has 2 fully saturated rings. The Kier molecular flexibility index (Phi) is 6.81. The molecule has 0 saturated heterocycles. The molecule has 3 amide bonds. The molecule has 206 valence electrons. The van der Waals surface area contributed by atoms with Crippen LogP contribution in [0.3, 0.4) is 0 Å². The van der Waals surface area contributed by atoms with Gasteiger partial charge in [-0.15, -0.1) is 0 Å². The van der Waals surface area contributed by atoms with Crippen LogP contribution in [0.5, 0.6) is 0 Å². The summed E-state index contributed by atoms with van der Waals surface area (Å²) in [4.78, 5) is 57.0. The Morgan fingerprint density at radius 1 is 1.00 bits per heavy atom. The number of amidine groups is 3. The van der Waals surface area contributed by atoms with Crippen LogP contribution in [0.25, 0.3) is 0 Å². The van der Waals surface area contributed by atoms with Crippen molar-refractivity contribution in [1.82, 2.24) is 20.9 Å². The monoisotopic (exact) mass is 531 g/mol. The standard InChI is InChI=1S/C29H37N7O3/c1-16(25-32-22-5-3-4-20(22)27(38)35-25)12-17-6-7-21-28(39)33-23(36-29(21,2)15-17)13-19-14-24(37)34-26(31-19)18-8-10-30-11-9-18/h8-11,16-17,19-22H,3-7,12-15H2,1-2H3,(H,31,34,37)(H,32,35,38)(H,33,36,39)/t16?,17?,19?,20-,21+,22+,29+/m1/s1. The van der Waals surface area contributed by atoms with E-state index in [-0.39, 0.29) is 54.0 Å². The second-order valence-electron chi connectivity index (χ2n) is 12.2. The minimum atomic E-state index is -0.497. The molecule has 0 spiro atoms. The Morgan fingerprint density at radius 3 is 2.64 bits per heavy atom. The van der Waals surface area contributed by atoms with Crippen LogP contribution in [0.15, 0.2) is 39.5 Å². The van der Waals surface area contributed by atoms with Gasteiger partial charge in [0.15, 0.2) is 0 Å². The van der Waals surface area contributed by atoms with Gasteiger partial charge >= 0.3 is 0 Å². The van der Waals surface area contributed by atoms with Gasteiger partial charge in [0.25, 0.3) is 0 Å². The molecule has 3 unspecified atom stereocenters. The van der Waals surface area contributed by atoms with E-state index in [4.69, 9.17) is 15.0 Å². The summed E-state index contributed by atoms with van der Waals surface area (Å²) in [5.74, 6) is 2.45. The summed E-state index contributed by atoms with van der Waals surface area (Å²) in [5, 5.41) is 8.96. The van der Waals surface area contributed by atoms with Crippen molar-refractivity contribution in [2.75, 3.05) is 0 Å². The number of hydrogen-bond acceptors (Lipinski definition) is 7. The molecule has 5 aliphatic rings. The molecule has 7 atom stereocenters. The normalized spacial score (nSPS) is 34.9. The van der Waals surface area contributed by atoms with Crippen molar-refractivity contribution in [1.29, 1.82) is 0 Å². The zero-order valence-corrected chi connectivity index (χ0v) is 22.7. The predicted molar refractivity (Wildman–Crippen MR) is 147 cm³/mol. The van der Waals surface area contributed by atoms with Crippen LogP contribution in [0.1, 0.15) is 77.2 Å². The van der Waals surface area contributed by atoms with Gasteiger partial charge in [-0.1, -0.05) is 13.3 Å². The number of nitrogens with one attached hydrogen (secondary N) is 3. The predicted octanol–water partition coefficient (Wildman–Crippen LogP) is 2.53. The molecule has 3 aliphatic heterocycles. The number of amides is 3. The third-order valence-electron chi connectivity index (χ3n) is 9.19. The summed E-state index contributed by atoms with van der Waals surface area (Å²) in [7, 11) is 0. The van der Waals surface area contributed by atoms with Gasteiger partial charge in [0.1, 0.15) is 17.5 Å². The third-order valence-corrected chi connectivity index (χ3v) is 9.19. The van der Waals surface area contributed by atoms with Crippen LogP contribution in [-0.2, 0) is 14.4 Å². The lowest BCUT2D eigenvalue weighted by Gasteiger charge is -2.45. The largest absolute Gasteiger partial charge is 0.314 e. The lowest BCUT2D eigenvalue weighted by Crippen LogP contribution is -2.55. The van der Waals surface area contributed by atoms with E-state index in [1.54, 1.807) is 12.4 Å². The maximum absolute atomic E-state index is 13.2. The minimum Gasteiger partial charge on any atom is -0.314 e. The Bertz CT molecular complexity index is 1260. The van der Waals surface area contributed by atoms with E-state index in [0.717, 1.165) is 56.3 Å². The van der Waals surface area contributed by atoms with Crippen molar-refractivity contribution in [2.45, 2.75) is 89.3 Å². The molecule has 0 bridgehead atoms. The summed E-state index contributed by atoms with van der Waals surface area (Å²) in [6, 6.07) is 3.47. The molecule has 2 saturated carbocycles. The maximum atomic E-state index is 13.2. The summed E-state index contributed by atoms with van der Waals surface area (Å²) in [5.41, 5.74) is 0.305. The van der Waals surface area contributed by atoms with Crippen LogP contribution < -0.4 is 16.0 Å². The number of aliphatic imine (C=N–C) groups is 3. The highest BCUT2D eigenvalue weighted by atomic mass is 16.2. The Labute approximate surface area is 228 Å². The first-order chi connectivity index (χ1) is 18.8. The van der Waals surface area contributed by atoms with E-state index in [1.807, 2.05) is 12.1 Å². The second kappa shape index (κ2) is 10.3. The van der Waals surface area contributed by atoms with E-state index >= 15 is 0 Å². The molecule has 10 nitrogen and oxygen atoms in total. The number of hydrogen-bond donors (Lipinski definition) is 3. The van der Waals surface area contributed by atoms with Gasteiger partial charge in [-0.3, -0.25) is 34.3 Å². The van der Waals surface area contributed by atoms with Crippen molar-refractivity contribution in [3.63, 3.8) is 0 Å². The number of fused-ring (bicyclic) bond motifs is 2. The van der Waals surface area contributed by atoms with Gasteiger partial charge in [0.2, 0.25) is 17.7 Å². The molecule has 1 aromatic rings. The van der Waals surface area contributed by atoms with E-state index in [0.29, 0.717) is 24.0 Å². The van der Waals surface area contributed by atoms with Crippen molar-refractivity contribution < 1.29 is 14.4 Å². The average Bonchev–Trinajstić information content (AvgIpc) is 3.38. The number of pyridine rings is 1. The first-order valence-corrected chi connectivity index (χ1v) is 14.3. The lowest BCUT2D eigenvalue weighted by molar-refractivity contribution is -0.128. The summed E-state index contributed by atoms with van der Waals surface area (Å²) in [6.45, 7) is 4.24. The molecular formula is C29H37N7O3. The molecule has 6 rings (SSSR count). The molecular weight excluding hydrogens is 494 g/mol. The topological polar surface area (TPSA) is 137 Å². The molecule has 0 radical (unpaired) electrons. The fraction of sp³-hybridized carbons (Fsp3) is 0.621. The van der Waals surface area contributed by atoms with Crippen molar-refractivity contribution in [3.8, 4) is 0 Å². The second-order valence-corrected chi connectivity index (χ2v) is 12.2. The van der Waals surface area contributed by atoms with Gasteiger partial charge in [0.05, 0.1) is 29.5 Å². The van der Waals surface area contributed by atoms with Crippen molar-refractivity contribution in [3.05, 3.63) is 30.1 Å². The van der Waals surface area contributed by atoms with E-state index in [1.165, 1.54) is 0 Å². The molecule has 1 aromatic heterocycles. The first kappa shape index (κ1) is 25.8. The van der Waals surface area contributed by atoms with Crippen LogP contribution in [0.2, 0.25) is 0 Å². The van der Waals surface area contributed by atoms with Gasteiger partial charge < -0.3 is 16.0 Å². The van der Waals surface area contributed by atoms with Gasteiger partial charge in [-0.2, -0.15) is 0 Å². The fourth-order valence-corrected chi connectivity index (χ4v) is 7.29. The van der Waals surface area contributed by atoms with Crippen molar-refractivity contribution in [2.24, 2.45) is 38.6 Å². The number of carbonyl (C=O) groups excluding carboxylic acids is 3. The zero-order valence-electron chi connectivity index (χ0n) is 22.7. The highest BCUT2D eigenvalue weighted by Gasteiger charge is 2.48.